The average molecular weight is 410 g/mol. The molecule has 3 aromatic rings. The highest BCUT2D eigenvalue weighted by atomic mass is 127. The molecule has 0 radical (unpaired) electrons. The van der Waals surface area contributed by atoms with Gasteiger partial charge in [-0.25, -0.2) is 4.79 Å². The number of aromatic hydroxyl groups is 1. The molecule has 0 amide bonds. The van der Waals surface area contributed by atoms with Crippen molar-refractivity contribution in [2.75, 3.05) is 0 Å². The van der Waals surface area contributed by atoms with Crippen molar-refractivity contribution < 1.29 is 12.6 Å². The fourth-order valence-corrected chi connectivity index (χ4v) is 2.55. The molecule has 0 unspecified atom stereocenters. The Bertz CT molecular complexity index is 825. The molecule has 1 heterocycles. The Morgan fingerprint density at radius 2 is 1.77 bits per heavy atom. The fourth-order valence-electron chi connectivity index (χ4n) is 2.12. The van der Waals surface area contributed by atoms with Crippen LogP contribution >= 0.6 is 23.0 Å². The molecule has 22 heavy (non-hydrogen) atoms. The number of hydrogen-bond acceptors (Lipinski definition) is 4. The Morgan fingerprint density at radius 3 is 2.41 bits per heavy atom. The Labute approximate surface area is 142 Å². The normalized spacial score (nSPS) is 9.95. The molecular formula is C17H15IO4. The summed E-state index contributed by atoms with van der Waals surface area (Å²) >= 11 is 1.64. The van der Waals surface area contributed by atoms with Gasteiger partial charge in [0.25, 0.3) is 0 Å². The van der Waals surface area contributed by atoms with Gasteiger partial charge < -0.3 is 12.6 Å². The van der Waals surface area contributed by atoms with E-state index in [0.29, 0.717) is 5.39 Å². The summed E-state index contributed by atoms with van der Waals surface area (Å²) in [6, 6.07) is 14.2. The topological polar surface area (TPSA) is 59.7 Å². The van der Waals surface area contributed by atoms with Gasteiger partial charge in [0.2, 0.25) is 5.75 Å². The second-order valence-electron chi connectivity index (χ2n) is 4.21. The number of benzene rings is 2. The Balaban J connectivity index is 0.000000847. The highest BCUT2D eigenvalue weighted by molar-refractivity contribution is 14.1. The Kier molecular flexibility index (Phi) is 5.43. The van der Waals surface area contributed by atoms with Crippen LogP contribution in [0.5, 0.6) is 11.5 Å². The first-order valence-corrected chi connectivity index (χ1v) is 7.72. The van der Waals surface area contributed by atoms with E-state index in [1.807, 2.05) is 44.2 Å². The lowest BCUT2D eigenvalue weighted by Gasteiger charge is -2.08. The van der Waals surface area contributed by atoms with E-state index in [9.17, 15) is 9.90 Å². The fraction of sp³-hybridized carbons (Fsp3) is 0.118. The SMILES string of the molecule is CC.O=c1cc(-c2ccccc2)c2ccc(O)c(OI)c2o1. The van der Waals surface area contributed by atoms with Crippen molar-refractivity contribution in [2.24, 2.45) is 0 Å². The van der Waals surface area contributed by atoms with Crippen molar-refractivity contribution >= 4 is 34.0 Å². The van der Waals surface area contributed by atoms with Crippen molar-refractivity contribution in [1.82, 2.24) is 0 Å². The zero-order valence-corrected chi connectivity index (χ0v) is 14.3. The van der Waals surface area contributed by atoms with Crippen molar-refractivity contribution in [1.29, 1.82) is 0 Å². The van der Waals surface area contributed by atoms with Crippen LogP contribution < -0.4 is 8.69 Å². The molecule has 2 aromatic carbocycles. The van der Waals surface area contributed by atoms with E-state index in [2.05, 4.69) is 0 Å². The van der Waals surface area contributed by atoms with E-state index >= 15 is 0 Å². The highest BCUT2D eigenvalue weighted by Crippen LogP contribution is 2.38. The summed E-state index contributed by atoms with van der Waals surface area (Å²) < 4.78 is 10.3. The lowest BCUT2D eigenvalue weighted by Crippen LogP contribution is -1.98. The predicted octanol–water partition coefficient (Wildman–Crippen LogP) is 4.92. The molecule has 0 atom stereocenters. The first-order chi connectivity index (χ1) is 10.7. The molecule has 0 fully saturated rings. The molecular weight excluding hydrogens is 395 g/mol. The van der Waals surface area contributed by atoms with Crippen molar-refractivity contribution in [3.8, 4) is 22.6 Å². The molecule has 0 aliphatic rings. The average Bonchev–Trinajstić information content (AvgIpc) is 2.56. The monoisotopic (exact) mass is 410 g/mol. The first kappa shape index (κ1) is 16.4. The molecule has 114 valence electrons. The Hall–Kier alpha value is -2.02. The van der Waals surface area contributed by atoms with Crippen molar-refractivity contribution in [3.63, 3.8) is 0 Å². The second-order valence-corrected chi connectivity index (χ2v) is 4.65. The lowest BCUT2D eigenvalue weighted by atomic mass is 10.0. The molecule has 0 aliphatic heterocycles. The molecule has 1 N–H and O–H groups in total. The largest absolute Gasteiger partial charge is 0.504 e. The summed E-state index contributed by atoms with van der Waals surface area (Å²) in [5.74, 6) is 0.0817. The van der Waals surface area contributed by atoms with Gasteiger partial charge in [0.15, 0.2) is 34.3 Å². The van der Waals surface area contributed by atoms with Crippen LogP contribution in [-0.2, 0) is 0 Å². The van der Waals surface area contributed by atoms with E-state index in [0.717, 1.165) is 11.1 Å². The summed E-state index contributed by atoms with van der Waals surface area (Å²) in [6.45, 7) is 4.00. The number of phenolic OH excluding ortho intramolecular Hbond substituents is 1. The number of halogens is 1. The van der Waals surface area contributed by atoms with Crippen molar-refractivity contribution in [3.05, 3.63) is 59.0 Å². The van der Waals surface area contributed by atoms with Crippen LogP contribution in [0.4, 0.5) is 0 Å². The van der Waals surface area contributed by atoms with Gasteiger partial charge in [0.05, 0.1) is 0 Å². The molecule has 0 spiro atoms. The highest BCUT2D eigenvalue weighted by Gasteiger charge is 2.15. The second kappa shape index (κ2) is 7.31. The Morgan fingerprint density at radius 1 is 1.09 bits per heavy atom. The molecule has 0 saturated carbocycles. The first-order valence-electron chi connectivity index (χ1n) is 6.84. The van der Waals surface area contributed by atoms with Gasteiger partial charge in [0, 0.05) is 11.5 Å². The van der Waals surface area contributed by atoms with Gasteiger partial charge >= 0.3 is 5.63 Å². The van der Waals surface area contributed by atoms with E-state index in [4.69, 9.17) is 7.48 Å². The molecule has 1 aromatic heterocycles. The van der Waals surface area contributed by atoms with Crippen LogP contribution in [0, 0.1) is 0 Å². The predicted molar refractivity (Wildman–Crippen MR) is 95.6 cm³/mol. The third-order valence-corrected chi connectivity index (χ3v) is 3.45. The standard InChI is InChI=1S/C15H9IO4.C2H6/c16-20-15-12(17)7-6-10-11(8-13(18)19-14(10)15)9-4-2-1-3-5-9;1-2/h1-8,17H;1-2H3. The van der Waals surface area contributed by atoms with Gasteiger partial charge in [-0.05, 0) is 23.3 Å². The van der Waals surface area contributed by atoms with Crippen LogP contribution in [-0.4, -0.2) is 5.11 Å². The van der Waals surface area contributed by atoms with Crippen LogP contribution in [0.2, 0.25) is 0 Å². The van der Waals surface area contributed by atoms with Gasteiger partial charge in [-0.3, -0.25) is 0 Å². The molecule has 0 aliphatic carbocycles. The minimum Gasteiger partial charge on any atom is -0.504 e. The summed E-state index contributed by atoms with van der Waals surface area (Å²) in [6.07, 6.45) is 0. The maximum absolute atomic E-state index is 11.8. The van der Waals surface area contributed by atoms with Crippen LogP contribution in [0.1, 0.15) is 13.8 Å². The van der Waals surface area contributed by atoms with Crippen molar-refractivity contribution in [2.45, 2.75) is 13.8 Å². The summed E-state index contributed by atoms with van der Waals surface area (Å²) in [5, 5.41) is 10.5. The number of hydrogen-bond donors (Lipinski definition) is 1. The number of fused-ring (bicyclic) bond motifs is 1. The van der Waals surface area contributed by atoms with E-state index in [-0.39, 0.29) is 17.1 Å². The summed E-state index contributed by atoms with van der Waals surface area (Å²) in [5.41, 5.74) is 1.39. The van der Waals surface area contributed by atoms with Gasteiger partial charge in [-0.15, -0.1) is 0 Å². The van der Waals surface area contributed by atoms with Crippen LogP contribution in [0.15, 0.2) is 57.7 Å². The molecule has 4 nitrogen and oxygen atoms in total. The smallest absolute Gasteiger partial charge is 0.336 e. The molecule has 3 rings (SSSR count). The zero-order valence-electron chi connectivity index (χ0n) is 12.2. The molecule has 0 bridgehead atoms. The minimum absolute atomic E-state index is 0.0692. The van der Waals surface area contributed by atoms with Gasteiger partial charge in [-0.2, -0.15) is 0 Å². The van der Waals surface area contributed by atoms with Gasteiger partial charge in [0.1, 0.15) is 0 Å². The summed E-state index contributed by atoms with van der Waals surface area (Å²) in [4.78, 5) is 11.8. The van der Waals surface area contributed by atoms with Crippen LogP contribution in [0.25, 0.3) is 22.1 Å². The third kappa shape index (κ3) is 3.09. The number of phenols is 1. The number of rotatable bonds is 2. The third-order valence-electron chi connectivity index (χ3n) is 3.01. The maximum atomic E-state index is 11.8. The zero-order chi connectivity index (χ0) is 16.1. The molecule has 5 heteroatoms. The van der Waals surface area contributed by atoms with E-state index in [1.165, 1.54) is 12.1 Å². The lowest BCUT2D eigenvalue weighted by molar-refractivity contribution is 0.452. The minimum atomic E-state index is -0.489. The quantitative estimate of drug-likeness (QED) is 0.481. The van der Waals surface area contributed by atoms with Crippen LogP contribution in [0.3, 0.4) is 0 Å². The van der Waals surface area contributed by atoms with Gasteiger partial charge in [-0.1, -0.05) is 44.2 Å². The van der Waals surface area contributed by atoms with E-state index < -0.39 is 5.63 Å². The maximum Gasteiger partial charge on any atom is 0.336 e. The molecule has 0 saturated heterocycles. The summed E-state index contributed by atoms with van der Waals surface area (Å²) in [7, 11) is 0. The van der Waals surface area contributed by atoms with E-state index in [1.54, 1.807) is 29.1 Å².